The molecule has 0 radical (unpaired) electrons. The predicted octanol–water partition coefficient (Wildman–Crippen LogP) is 1.02. The highest BCUT2D eigenvalue weighted by Gasteiger charge is 2.04. The van der Waals surface area contributed by atoms with Crippen LogP contribution in [0, 0.1) is 22.7 Å². The second kappa shape index (κ2) is 16.5. The molecule has 0 aliphatic rings. The SMILES string of the molecule is N#CCCCCC#N.NNC(N)=S.Nc1nnc(CCCc2nnc(N)s2)s1. The largest absolute Gasteiger partial charge is 0.375 e. The van der Waals surface area contributed by atoms with Crippen LogP contribution in [0.1, 0.15) is 42.1 Å². The molecule has 11 nitrogen and oxygen atoms in total. The lowest BCUT2D eigenvalue weighted by molar-refractivity contribution is 0.773. The van der Waals surface area contributed by atoms with Crippen LogP contribution in [0.2, 0.25) is 0 Å². The van der Waals surface area contributed by atoms with Crippen LogP contribution < -0.4 is 28.5 Å². The molecule has 0 aliphatic carbocycles. The van der Waals surface area contributed by atoms with Gasteiger partial charge >= 0.3 is 0 Å². The number of nitrogens with two attached hydrogens (primary N) is 4. The first-order valence-corrected chi connectivity index (χ1v) is 10.1. The van der Waals surface area contributed by atoms with Crippen molar-refractivity contribution < 1.29 is 0 Å². The Labute approximate surface area is 176 Å². The summed E-state index contributed by atoms with van der Waals surface area (Å²) in [6.07, 6.45) is 5.60. The van der Waals surface area contributed by atoms with Crippen molar-refractivity contribution in [1.29, 1.82) is 10.5 Å². The van der Waals surface area contributed by atoms with Gasteiger partial charge in [0.1, 0.15) is 10.0 Å². The summed E-state index contributed by atoms with van der Waals surface area (Å²) in [5.74, 6) is 4.66. The molecule has 0 bridgehead atoms. The van der Waals surface area contributed by atoms with E-state index in [9.17, 15) is 0 Å². The normalized spacial score (nSPS) is 8.96. The van der Waals surface area contributed by atoms with E-state index in [-0.39, 0.29) is 5.11 Å². The van der Waals surface area contributed by atoms with Crippen LogP contribution in [0.3, 0.4) is 0 Å². The lowest BCUT2D eigenvalue weighted by Crippen LogP contribution is -2.34. The molecule has 0 amide bonds. The van der Waals surface area contributed by atoms with Gasteiger partial charge in [-0.3, -0.25) is 0 Å². The van der Waals surface area contributed by atoms with Crippen LogP contribution >= 0.6 is 34.9 Å². The molecule has 0 fully saturated rings. The quantitative estimate of drug-likeness (QED) is 0.176. The van der Waals surface area contributed by atoms with E-state index in [0.29, 0.717) is 23.1 Å². The van der Waals surface area contributed by atoms with Crippen LogP contribution in [0.5, 0.6) is 0 Å². The van der Waals surface area contributed by atoms with Gasteiger partial charge in [-0.25, -0.2) is 5.84 Å². The molecule has 0 aliphatic heterocycles. The van der Waals surface area contributed by atoms with Crippen molar-refractivity contribution in [2.75, 3.05) is 11.5 Å². The number of aryl methyl sites for hydroxylation is 2. The molecular formula is C14H23N11S3. The first-order valence-electron chi connectivity index (χ1n) is 8.08. The molecule has 2 rings (SSSR count). The zero-order chi connectivity index (χ0) is 21.2. The van der Waals surface area contributed by atoms with E-state index in [1.165, 1.54) is 22.7 Å². The Balaban J connectivity index is 0.000000474. The minimum absolute atomic E-state index is 0.116. The first-order chi connectivity index (χ1) is 13.4. The van der Waals surface area contributed by atoms with E-state index in [4.69, 9.17) is 27.7 Å². The third-order valence-electron chi connectivity index (χ3n) is 2.72. The van der Waals surface area contributed by atoms with Crippen LogP contribution in [-0.2, 0) is 12.8 Å². The van der Waals surface area contributed by atoms with Gasteiger partial charge in [-0.15, -0.1) is 20.4 Å². The monoisotopic (exact) mass is 441 g/mol. The van der Waals surface area contributed by atoms with E-state index in [1.54, 1.807) is 0 Å². The first kappa shape index (κ1) is 25.4. The Hall–Kier alpha value is -2.65. The van der Waals surface area contributed by atoms with Gasteiger partial charge in [0, 0.05) is 25.7 Å². The Bertz CT molecular complexity index is 703. The lowest BCUT2D eigenvalue weighted by atomic mass is 10.2. The second-order valence-corrected chi connectivity index (χ2v) is 7.58. The van der Waals surface area contributed by atoms with Crippen molar-refractivity contribution in [2.45, 2.75) is 44.9 Å². The van der Waals surface area contributed by atoms with Crippen LogP contribution in [0.4, 0.5) is 10.3 Å². The number of aromatic nitrogens is 4. The molecule has 28 heavy (non-hydrogen) atoms. The maximum absolute atomic E-state index is 8.03. The summed E-state index contributed by atoms with van der Waals surface area (Å²) in [5.41, 5.74) is 17.8. The topological polar surface area (TPSA) is 215 Å². The molecule has 0 atom stereocenters. The maximum atomic E-state index is 8.03. The number of unbranched alkanes of at least 4 members (excludes halogenated alkanes) is 3. The van der Waals surface area contributed by atoms with E-state index >= 15 is 0 Å². The molecular weight excluding hydrogens is 418 g/mol. The fourth-order valence-electron chi connectivity index (χ4n) is 1.53. The average Bonchev–Trinajstić information content (AvgIpc) is 3.28. The second-order valence-electron chi connectivity index (χ2n) is 4.95. The van der Waals surface area contributed by atoms with E-state index in [2.05, 4.69) is 38.5 Å². The van der Waals surface area contributed by atoms with Gasteiger partial charge in [-0.2, -0.15) is 10.5 Å². The third-order valence-corrected chi connectivity index (χ3v) is 4.46. The summed E-state index contributed by atoms with van der Waals surface area (Å²) in [4.78, 5) is 0. The summed E-state index contributed by atoms with van der Waals surface area (Å²) < 4.78 is 0. The van der Waals surface area contributed by atoms with Crippen LogP contribution in [0.15, 0.2) is 0 Å². The molecule has 0 saturated heterocycles. The van der Waals surface area contributed by atoms with E-state index in [0.717, 1.165) is 42.1 Å². The van der Waals surface area contributed by atoms with Crippen LogP contribution in [-0.4, -0.2) is 25.5 Å². The summed E-state index contributed by atoms with van der Waals surface area (Å²) >= 11 is 7.09. The summed E-state index contributed by atoms with van der Waals surface area (Å²) in [7, 11) is 0. The molecule has 0 aromatic carbocycles. The van der Waals surface area contributed by atoms with Gasteiger partial charge < -0.3 is 22.6 Å². The molecule has 2 aromatic heterocycles. The van der Waals surface area contributed by atoms with E-state index in [1.807, 2.05) is 17.6 Å². The van der Waals surface area contributed by atoms with Crippen molar-refractivity contribution in [1.82, 2.24) is 25.8 Å². The maximum Gasteiger partial charge on any atom is 0.203 e. The summed E-state index contributed by atoms with van der Waals surface area (Å²) in [6, 6.07) is 4.03. The number of thiocarbonyl (C=S) groups is 1. The fraction of sp³-hybridized carbons (Fsp3) is 0.500. The Morgan fingerprint density at radius 2 is 1.29 bits per heavy atom. The van der Waals surface area contributed by atoms with Gasteiger partial charge in [0.25, 0.3) is 0 Å². The number of nitrogens with one attached hydrogen (secondary N) is 1. The fourth-order valence-corrected chi connectivity index (χ4v) is 2.84. The zero-order valence-corrected chi connectivity index (χ0v) is 17.6. The highest BCUT2D eigenvalue weighted by atomic mass is 32.1. The summed E-state index contributed by atoms with van der Waals surface area (Å²) in [6.45, 7) is 0. The van der Waals surface area contributed by atoms with Gasteiger partial charge in [-0.05, 0) is 31.5 Å². The molecule has 0 spiro atoms. The number of hydrogen-bond acceptors (Lipinski definition) is 12. The van der Waals surface area contributed by atoms with E-state index < -0.39 is 0 Å². The number of hydrazine groups is 1. The average molecular weight is 442 g/mol. The Morgan fingerprint density at radius 3 is 1.54 bits per heavy atom. The highest BCUT2D eigenvalue weighted by molar-refractivity contribution is 7.80. The number of anilines is 2. The number of hydrogen-bond donors (Lipinski definition) is 5. The van der Waals surface area contributed by atoms with Crippen molar-refractivity contribution in [3.8, 4) is 12.1 Å². The standard InChI is InChI=1S/C7H10N6S2.C6H8N2.CH5N3S/c8-6-12-10-4(14-6)2-1-3-5-11-13-7(9)15-5;7-5-3-1-2-4-6-8;2-1(5)4-3/h1-3H2,(H2,8,12)(H2,9,13);1-4H2;3H2,(H3,2,4,5). The number of rotatable bonds is 7. The predicted molar refractivity (Wildman–Crippen MR) is 114 cm³/mol. The van der Waals surface area contributed by atoms with Crippen molar-refractivity contribution >= 4 is 50.3 Å². The summed E-state index contributed by atoms with van der Waals surface area (Å²) in [5, 5.41) is 34.5. The molecule has 14 heteroatoms. The molecule has 0 saturated carbocycles. The van der Waals surface area contributed by atoms with Crippen molar-refractivity contribution in [3.63, 3.8) is 0 Å². The Morgan fingerprint density at radius 1 is 0.893 bits per heavy atom. The van der Waals surface area contributed by atoms with Gasteiger partial charge in [0.2, 0.25) is 10.3 Å². The molecule has 9 N–H and O–H groups in total. The minimum Gasteiger partial charge on any atom is -0.375 e. The van der Waals surface area contributed by atoms with Crippen LogP contribution in [0.25, 0.3) is 0 Å². The lowest BCUT2D eigenvalue weighted by Gasteiger charge is -1.92. The number of nitrogen functional groups attached to an aromatic ring is 2. The molecule has 0 unspecified atom stereocenters. The smallest absolute Gasteiger partial charge is 0.203 e. The van der Waals surface area contributed by atoms with Crippen molar-refractivity contribution in [3.05, 3.63) is 10.0 Å². The highest BCUT2D eigenvalue weighted by Crippen LogP contribution is 2.16. The third kappa shape index (κ3) is 14.5. The number of nitriles is 2. The number of nitrogens with zero attached hydrogens (tertiary/aromatic N) is 6. The Kier molecular flexibility index (Phi) is 15.0. The van der Waals surface area contributed by atoms with Gasteiger partial charge in [0.05, 0.1) is 12.1 Å². The van der Waals surface area contributed by atoms with Gasteiger partial charge in [-0.1, -0.05) is 22.7 Å². The van der Waals surface area contributed by atoms with Gasteiger partial charge in [0.15, 0.2) is 5.11 Å². The molecule has 152 valence electrons. The zero-order valence-electron chi connectivity index (χ0n) is 15.2. The minimum atomic E-state index is 0.116. The molecule has 2 heterocycles. The molecule has 2 aromatic rings. The van der Waals surface area contributed by atoms with Crippen molar-refractivity contribution in [2.24, 2.45) is 11.6 Å².